The Morgan fingerprint density at radius 1 is 1.62 bits per heavy atom. The van der Waals surface area contributed by atoms with Gasteiger partial charge >= 0.3 is 0 Å². The van der Waals surface area contributed by atoms with Gasteiger partial charge in [0.1, 0.15) is 0 Å². The van der Waals surface area contributed by atoms with Crippen molar-refractivity contribution in [2.24, 2.45) is 17.8 Å². The van der Waals surface area contributed by atoms with Gasteiger partial charge in [-0.1, -0.05) is 13.8 Å². The normalized spacial score (nSPS) is 24.9. The van der Waals surface area contributed by atoms with Crippen LogP contribution in [0.15, 0.2) is 0 Å². The number of amides is 1. The Bertz CT molecular complexity index is 180. The highest BCUT2D eigenvalue weighted by atomic mass is 16.2. The van der Waals surface area contributed by atoms with E-state index in [0.29, 0.717) is 11.8 Å². The molecular weight excluding hydrogens is 164 g/mol. The SMILES string of the molecule is CNCC(C(C)C)C1CCNC1=O. The smallest absolute Gasteiger partial charge is 0.223 e. The molecule has 1 saturated heterocycles. The van der Waals surface area contributed by atoms with Gasteiger partial charge in [-0.3, -0.25) is 4.79 Å². The van der Waals surface area contributed by atoms with Crippen molar-refractivity contribution in [3.63, 3.8) is 0 Å². The fourth-order valence-corrected chi connectivity index (χ4v) is 2.10. The Labute approximate surface area is 80.3 Å². The molecule has 13 heavy (non-hydrogen) atoms. The van der Waals surface area contributed by atoms with Crippen LogP contribution in [0, 0.1) is 17.8 Å². The van der Waals surface area contributed by atoms with Crippen LogP contribution in [0.3, 0.4) is 0 Å². The van der Waals surface area contributed by atoms with Crippen LogP contribution in [0.25, 0.3) is 0 Å². The summed E-state index contributed by atoms with van der Waals surface area (Å²) in [6.07, 6.45) is 1.00. The van der Waals surface area contributed by atoms with Crippen LogP contribution in [0.2, 0.25) is 0 Å². The van der Waals surface area contributed by atoms with Crippen molar-refractivity contribution in [2.45, 2.75) is 20.3 Å². The van der Waals surface area contributed by atoms with Crippen LogP contribution in [0.1, 0.15) is 20.3 Å². The van der Waals surface area contributed by atoms with Gasteiger partial charge < -0.3 is 10.6 Å². The molecule has 0 bridgehead atoms. The third-order valence-corrected chi connectivity index (χ3v) is 2.90. The maximum atomic E-state index is 11.5. The number of carbonyl (C=O) groups excluding carboxylic acids is 1. The molecule has 3 heteroatoms. The molecule has 0 aliphatic carbocycles. The summed E-state index contributed by atoms with van der Waals surface area (Å²) in [5.41, 5.74) is 0. The number of carbonyl (C=O) groups is 1. The van der Waals surface area contributed by atoms with E-state index in [1.165, 1.54) is 0 Å². The van der Waals surface area contributed by atoms with E-state index in [4.69, 9.17) is 0 Å². The standard InChI is InChI=1S/C10H20N2O/c1-7(2)9(6-11-3)8-4-5-12-10(8)13/h7-9,11H,4-6H2,1-3H3,(H,12,13). The van der Waals surface area contributed by atoms with Gasteiger partial charge in [-0.25, -0.2) is 0 Å². The first-order valence-corrected chi connectivity index (χ1v) is 5.09. The van der Waals surface area contributed by atoms with Gasteiger partial charge in [0.2, 0.25) is 5.91 Å². The lowest BCUT2D eigenvalue weighted by Crippen LogP contribution is -2.34. The largest absolute Gasteiger partial charge is 0.356 e. The topological polar surface area (TPSA) is 41.1 Å². The molecule has 3 nitrogen and oxygen atoms in total. The minimum Gasteiger partial charge on any atom is -0.356 e. The first-order valence-electron chi connectivity index (χ1n) is 5.09. The van der Waals surface area contributed by atoms with E-state index < -0.39 is 0 Å². The lowest BCUT2D eigenvalue weighted by atomic mass is 9.82. The zero-order chi connectivity index (χ0) is 9.84. The maximum absolute atomic E-state index is 11.5. The van der Waals surface area contributed by atoms with Gasteiger partial charge in [-0.2, -0.15) is 0 Å². The molecule has 1 rings (SSSR count). The predicted octanol–water partition coefficient (Wildman–Crippen LogP) is 0.614. The fraction of sp³-hybridized carbons (Fsp3) is 0.900. The van der Waals surface area contributed by atoms with Crippen molar-refractivity contribution < 1.29 is 4.79 Å². The number of nitrogens with one attached hydrogen (secondary N) is 2. The molecule has 0 spiro atoms. The van der Waals surface area contributed by atoms with Crippen LogP contribution in [-0.2, 0) is 4.79 Å². The summed E-state index contributed by atoms with van der Waals surface area (Å²) in [7, 11) is 1.95. The lowest BCUT2D eigenvalue weighted by Gasteiger charge is -2.24. The van der Waals surface area contributed by atoms with E-state index in [1.54, 1.807) is 0 Å². The second kappa shape index (κ2) is 4.61. The van der Waals surface area contributed by atoms with Crippen molar-refractivity contribution in [1.82, 2.24) is 10.6 Å². The van der Waals surface area contributed by atoms with Gasteiger partial charge in [0.15, 0.2) is 0 Å². The van der Waals surface area contributed by atoms with Crippen LogP contribution >= 0.6 is 0 Å². The van der Waals surface area contributed by atoms with Gasteiger partial charge in [-0.05, 0) is 31.8 Å². The minimum absolute atomic E-state index is 0.229. The van der Waals surface area contributed by atoms with E-state index >= 15 is 0 Å². The lowest BCUT2D eigenvalue weighted by molar-refractivity contribution is -0.124. The molecule has 0 saturated carbocycles. The molecule has 1 fully saturated rings. The Morgan fingerprint density at radius 3 is 2.69 bits per heavy atom. The highest BCUT2D eigenvalue weighted by Gasteiger charge is 2.33. The van der Waals surface area contributed by atoms with Crippen molar-refractivity contribution in [1.29, 1.82) is 0 Å². The van der Waals surface area contributed by atoms with Crippen molar-refractivity contribution in [3.05, 3.63) is 0 Å². The van der Waals surface area contributed by atoms with Gasteiger partial charge in [0, 0.05) is 12.5 Å². The molecule has 0 aromatic carbocycles. The molecule has 0 aromatic rings. The number of hydrogen-bond acceptors (Lipinski definition) is 2. The first kappa shape index (κ1) is 10.5. The van der Waals surface area contributed by atoms with Crippen LogP contribution in [0.5, 0.6) is 0 Å². The Morgan fingerprint density at radius 2 is 2.31 bits per heavy atom. The highest BCUT2D eigenvalue weighted by Crippen LogP contribution is 2.26. The number of rotatable bonds is 4. The maximum Gasteiger partial charge on any atom is 0.223 e. The molecule has 76 valence electrons. The highest BCUT2D eigenvalue weighted by molar-refractivity contribution is 5.80. The fourth-order valence-electron chi connectivity index (χ4n) is 2.10. The minimum atomic E-state index is 0.229. The zero-order valence-corrected chi connectivity index (χ0v) is 8.76. The van der Waals surface area contributed by atoms with E-state index in [1.807, 2.05) is 7.05 Å². The zero-order valence-electron chi connectivity index (χ0n) is 8.76. The summed E-state index contributed by atoms with van der Waals surface area (Å²) in [6, 6.07) is 0. The van der Waals surface area contributed by atoms with E-state index in [-0.39, 0.29) is 11.8 Å². The molecule has 1 aliphatic rings. The molecule has 0 aromatic heterocycles. The second-order valence-electron chi connectivity index (χ2n) is 4.15. The van der Waals surface area contributed by atoms with Crippen molar-refractivity contribution in [2.75, 3.05) is 20.1 Å². The molecular formula is C10H20N2O. The third kappa shape index (κ3) is 2.44. The van der Waals surface area contributed by atoms with Crippen LogP contribution < -0.4 is 10.6 Å². The first-order chi connectivity index (χ1) is 6.16. The predicted molar refractivity (Wildman–Crippen MR) is 53.4 cm³/mol. The molecule has 1 aliphatic heterocycles. The summed E-state index contributed by atoms with van der Waals surface area (Å²) in [4.78, 5) is 11.5. The second-order valence-corrected chi connectivity index (χ2v) is 4.15. The summed E-state index contributed by atoms with van der Waals surface area (Å²) in [6.45, 7) is 6.17. The van der Waals surface area contributed by atoms with E-state index in [0.717, 1.165) is 19.5 Å². The summed E-state index contributed by atoms with van der Waals surface area (Å²) >= 11 is 0. The number of hydrogen-bond donors (Lipinski definition) is 2. The Kier molecular flexibility index (Phi) is 3.72. The van der Waals surface area contributed by atoms with Gasteiger partial charge in [0.25, 0.3) is 0 Å². The molecule has 1 amide bonds. The molecule has 2 N–H and O–H groups in total. The van der Waals surface area contributed by atoms with E-state index in [2.05, 4.69) is 24.5 Å². The van der Waals surface area contributed by atoms with Crippen molar-refractivity contribution >= 4 is 5.91 Å². The molecule has 2 atom stereocenters. The summed E-state index contributed by atoms with van der Waals surface area (Å²) < 4.78 is 0. The quantitative estimate of drug-likeness (QED) is 0.672. The summed E-state index contributed by atoms with van der Waals surface area (Å²) in [5.74, 6) is 1.52. The third-order valence-electron chi connectivity index (χ3n) is 2.90. The van der Waals surface area contributed by atoms with Crippen LogP contribution in [0.4, 0.5) is 0 Å². The van der Waals surface area contributed by atoms with Crippen molar-refractivity contribution in [3.8, 4) is 0 Å². The van der Waals surface area contributed by atoms with E-state index in [9.17, 15) is 4.79 Å². The molecule has 1 heterocycles. The average molecular weight is 184 g/mol. The monoisotopic (exact) mass is 184 g/mol. The summed E-state index contributed by atoms with van der Waals surface area (Å²) in [5, 5.41) is 6.06. The molecule has 0 radical (unpaired) electrons. The Hall–Kier alpha value is -0.570. The van der Waals surface area contributed by atoms with Crippen LogP contribution in [-0.4, -0.2) is 26.0 Å². The molecule has 2 unspecified atom stereocenters. The average Bonchev–Trinajstić information content (AvgIpc) is 2.47. The Balaban J connectivity index is 2.57. The van der Waals surface area contributed by atoms with Gasteiger partial charge in [0.05, 0.1) is 0 Å². The van der Waals surface area contributed by atoms with Gasteiger partial charge in [-0.15, -0.1) is 0 Å².